The maximum atomic E-state index is 14.5. The summed E-state index contributed by atoms with van der Waals surface area (Å²) in [5, 5.41) is 3.79. The molecule has 4 aromatic rings. The average Bonchev–Trinajstić information content (AvgIpc) is 3.40. The van der Waals surface area contributed by atoms with Gasteiger partial charge in [-0.2, -0.15) is 0 Å². The molecule has 8 heteroatoms. The molecule has 3 aromatic heterocycles. The van der Waals surface area contributed by atoms with E-state index in [-0.39, 0.29) is 5.82 Å². The molecule has 1 aromatic carbocycles. The van der Waals surface area contributed by atoms with Crippen molar-refractivity contribution in [2.45, 2.75) is 19.3 Å². The van der Waals surface area contributed by atoms with Crippen molar-refractivity contribution in [1.82, 2.24) is 15.0 Å². The number of allylic oxidation sites excluding steroid dienone is 1. The summed E-state index contributed by atoms with van der Waals surface area (Å²) in [6.45, 7) is 2.64. The zero-order chi connectivity index (χ0) is 24.5. The monoisotopic (exact) mass is 498 g/mol. The second kappa shape index (κ2) is 9.66. The van der Waals surface area contributed by atoms with Crippen molar-refractivity contribution in [2.75, 3.05) is 29.9 Å². The van der Waals surface area contributed by atoms with Crippen LogP contribution in [-0.2, 0) is 0 Å². The van der Waals surface area contributed by atoms with Crippen LogP contribution in [0.3, 0.4) is 0 Å². The first kappa shape index (κ1) is 22.6. The third-order valence-electron chi connectivity index (χ3n) is 6.54. The van der Waals surface area contributed by atoms with Crippen LogP contribution < -0.4 is 10.2 Å². The molecule has 0 bridgehead atoms. The van der Waals surface area contributed by atoms with Gasteiger partial charge in [-0.1, -0.05) is 17.7 Å². The Hall–Kier alpha value is -3.84. The molecule has 2 aliphatic rings. The number of nitrogens with zero attached hydrogens (tertiary/aromatic N) is 5. The van der Waals surface area contributed by atoms with E-state index in [0.29, 0.717) is 28.5 Å². The fraction of sp³-hybridized carbons (Fsp3) is 0.214. The standard InChI is InChI=1S/C28H24ClFN6/c29-18-4-6-23(30)22(14-18)28-21(10-11-31-28)24-7-8-25-26(35-24)15-19(16-32-25)34-27-9-5-20(17-33-27)36-12-2-1-3-13-36/h4-10,14-17H,1-3,11-13H2,(H,33,34). The van der Waals surface area contributed by atoms with Gasteiger partial charge in [0.25, 0.3) is 0 Å². The number of fused-ring (bicyclic) bond motifs is 1. The van der Waals surface area contributed by atoms with Gasteiger partial charge in [-0.3, -0.25) is 9.98 Å². The van der Waals surface area contributed by atoms with Gasteiger partial charge in [0.2, 0.25) is 0 Å². The van der Waals surface area contributed by atoms with Gasteiger partial charge in [-0.15, -0.1) is 0 Å². The molecular weight excluding hydrogens is 475 g/mol. The van der Waals surface area contributed by atoms with Crippen LogP contribution in [0.1, 0.15) is 30.5 Å². The number of aliphatic imine (C=N–C) groups is 1. The van der Waals surface area contributed by atoms with E-state index in [1.807, 2.05) is 36.5 Å². The van der Waals surface area contributed by atoms with E-state index in [1.54, 1.807) is 12.3 Å². The summed E-state index contributed by atoms with van der Waals surface area (Å²) in [6, 6.07) is 14.3. The van der Waals surface area contributed by atoms with E-state index >= 15 is 0 Å². The smallest absolute Gasteiger partial charge is 0.132 e. The number of benzene rings is 1. The maximum absolute atomic E-state index is 14.5. The van der Waals surface area contributed by atoms with Crippen molar-refractivity contribution < 1.29 is 4.39 Å². The van der Waals surface area contributed by atoms with Crippen molar-refractivity contribution in [2.24, 2.45) is 4.99 Å². The molecular formula is C28H24ClFN6. The average molecular weight is 499 g/mol. The lowest BCUT2D eigenvalue weighted by Crippen LogP contribution is -2.29. The van der Waals surface area contributed by atoms with Gasteiger partial charge in [-0.05, 0) is 67.8 Å². The highest BCUT2D eigenvalue weighted by atomic mass is 35.5. The number of hydrogen-bond acceptors (Lipinski definition) is 6. The van der Waals surface area contributed by atoms with Crippen LogP contribution in [0.4, 0.5) is 21.6 Å². The summed E-state index contributed by atoms with van der Waals surface area (Å²) in [5.41, 5.74) is 5.86. The minimum absolute atomic E-state index is 0.362. The van der Waals surface area contributed by atoms with Gasteiger partial charge in [-0.25, -0.2) is 14.4 Å². The Kier molecular flexibility index (Phi) is 6.07. The normalized spacial score (nSPS) is 15.7. The zero-order valence-electron chi connectivity index (χ0n) is 19.6. The Bertz CT molecular complexity index is 1490. The molecule has 180 valence electrons. The number of aromatic nitrogens is 3. The number of pyridine rings is 3. The first-order chi connectivity index (χ1) is 17.6. The molecule has 6 rings (SSSR count). The third kappa shape index (κ3) is 4.54. The van der Waals surface area contributed by atoms with Gasteiger partial charge in [0, 0.05) is 29.2 Å². The van der Waals surface area contributed by atoms with Crippen LogP contribution in [-0.4, -0.2) is 40.3 Å². The second-order valence-corrected chi connectivity index (χ2v) is 9.40. The molecule has 0 saturated carbocycles. The van der Waals surface area contributed by atoms with Crippen LogP contribution >= 0.6 is 11.6 Å². The van der Waals surface area contributed by atoms with E-state index in [1.165, 1.54) is 31.4 Å². The molecule has 2 aliphatic heterocycles. The molecule has 0 spiro atoms. The van der Waals surface area contributed by atoms with E-state index < -0.39 is 0 Å². The molecule has 0 radical (unpaired) electrons. The van der Waals surface area contributed by atoms with Crippen LogP contribution in [0.2, 0.25) is 5.02 Å². The highest BCUT2D eigenvalue weighted by Crippen LogP contribution is 2.29. The summed E-state index contributed by atoms with van der Waals surface area (Å²) in [4.78, 5) is 20.9. The SMILES string of the molecule is Fc1ccc(Cl)cc1C1=NCC=C1c1ccc2ncc(Nc3ccc(N4CCCCC4)cn3)cc2n1. The van der Waals surface area contributed by atoms with Crippen molar-refractivity contribution in [3.05, 3.63) is 89.1 Å². The molecule has 5 heterocycles. The molecule has 36 heavy (non-hydrogen) atoms. The Balaban J connectivity index is 1.25. The minimum Gasteiger partial charge on any atom is -0.370 e. The first-order valence-electron chi connectivity index (χ1n) is 12.1. The highest BCUT2D eigenvalue weighted by molar-refractivity contribution is 6.35. The summed E-state index contributed by atoms with van der Waals surface area (Å²) in [7, 11) is 0. The van der Waals surface area contributed by atoms with Gasteiger partial charge in [0.05, 0.1) is 52.8 Å². The van der Waals surface area contributed by atoms with Gasteiger partial charge < -0.3 is 10.2 Å². The number of rotatable bonds is 5. The Morgan fingerprint density at radius 3 is 2.61 bits per heavy atom. The molecule has 1 N–H and O–H groups in total. The van der Waals surface area contributed by atoms with Gasteiger partial charge in [0.1, 0.15) is 11.6 Å². The molecule has 0 atom stereocenters. The van der Waals surface area contributed by atoms with Crippen molar-refractivity contribution >= 4 is 51.1 Å². The second-order valence-electron chi connectivity index (χ2n) is 8.96. The summed E-state index contributed by atoms with van der Waals surface area (Å²) in [6.07, 6.45) is 9.41. The predicted octanol–water partition coefficient (Wildman–Crippen LogP) is 6.44. The quantitative estimate of drug-likeness (QED) is 0.343. The molecule has 0 aliphatic carbocycles. The zero-order valence-corrected chi connectivity index (χ0v) is 20.3. The number of piperidine rings is 1. The molecule has 1 saturated heterocycles. The lowest BCUT2D eigenvalue weighted by Gasteiger charge is -2.28. The Morgan fingerprint density at radius 1 is 0.889 bits per heavy atom. The van der Waals surface area contributed by atoms with E-state index in [4.69, 9.17) is 16.6 Å². The van der Waals surface area contributed by atoms with Crippen LogP contribution in [0.25, 0.3) is 16.6 Å². The fourth-order valence-corrected chi connectivity index (χ4v) is 4.89. The van der Waals surface area contributed by atoms with Crippen LogP contribution in [0.5, 0.6) is 0 Å². The number of hydrogen-bond donors (Lipinski definition) is 1. The van der Waals surface area contributed by atoms with E-state index in [9.17, 15) is 4.39 Å². The maximum Gasteiger partial charge on any atom is 0.132 e. The molecule has 0 unspecified atom stereocenters. The summed E-state index contributed by atoms with van der Waals surface area (Å²) in [5.74, 6) is 0.385. The summed E-state index contributed by atoms with van der Waals surface area (Å²) >= 11 is 6.12. The van der Waals surface area contributed by atoms with Crippen molar-refractivity contribution in [1.29, 1.82) is 0 Å². The fourth-order valence-electron chi connectivity index (χ4n) is 4.72. The van der Waals surface area contributed by atoms with Gasteiger partial charge in [0.15, 0.2) is 0 Å². The van der Waals surface area contributed by atoms with Crippen LogP contribution in [0.15, 0.2) is 72.0 Å². The lowest BCUT2D eigenvalue weighted by atomic mass is 10.00. The number of nitrogens with one attached hydrogen (secondary N) is 1. The Morgan fingerprint density at radius 2 is 1.78 bits per heavy atom. The van der Waals surface area contributed by atoms with Crippen LogP contribution in [0, 0.1) is 5.82 Å². The lowest BCUT2D eigenvalue weighted by molar-refractivity contribution is 0.577. The molecule has 0 amide bonds. The Labute approximate surface area is 213 Å². The predicted molar refractivity (Wildman–Crippen MR) is 144 cm³/mol. The summed E-state index contributed by atoms with van der Waals surface area (Å²) < 4.78 is 14.5. The number of anilines is 3. The van der Waals surface area contributed by atoms with Crippen molar-refractivity contribution in [3.63, 3.8) is 0 Å². The first-order valence-corrected chi connectivity index (χ1v) is 12.5. The minimum atomic E-state index is -0.362. The number of halogens is 2. The molecule has 6 nitrogen and oxygen atoms in total. The van der Waals surface area contributed by atoms with E-state index in [2.05, 4.69) is 31.2 Å². The van der Waals surface area contributed by atoms with Crippen molar-refractivity contribution in [3.8, 4) is 0 Å². The topological polar surface area (TPSA) is 66.3 Å². The van der Waals surface area contributed by atoms with Gasteiger partial charge >= 0.3 is 0 Å². The molecule has 1 fully saturated rings. The third-order valence-corrected chi connectivity index (χ3v) is 6.77. The highest BCUT2D eigenvalue weighted by Gasteiger charge is 2.21. The largest absolute Gasteiger partial charge is 0.370 e. The van der Waals surface area contributed by atoms with E-state index in [0.717, 1.165) is 46.9 Å².